The summed E-state index contributed by atoms with van der Waals surface area (Å²) in [7, 11) is 0. The summed E-state index contributed by atoms with van der Waals surface area (Å²) < 4.78 is 5.57. The normalized spacial score (nSPS) is 9.44. The Balaban J connectivity index is 2.09. The van der Waals surface area contributed by atoms with Crippen LogP contribution in [-0.4, -0.2) is 0 Å². The number of ether oxygens (including phenoxy) is 1. The molecule has 0 unspecified atom stereocenters. The standard InChI is InChI=1S/C14H10NO/c15-10-13-8-4-5-9-14(13)16-11-12-6-2-1-3-7-12/h1-3,5-9H,11H2. The second-order valence-corrected chi connectivity index (χ2v) is 3.31. The van der Waals surface area contributed by atoms with Crippen molar-refractivity contribution in [3.8, 4) is 11.8 Å². The molecule has 0 saturated heterocycles. The molecule has 0 bridgehead atoms. The van der Waals surface area contributed by atoms with E-state index >= 15 is 0 Å². The lowest BCUT2D eigenvalue weighted by Gasteiger charge is -2.07. The van der Waals surface area contributed by atoms with Crippen LogP contribution in [0.25, 0.3) is 0 Å². The molecule has 0 aliphatic heterocycles. The van der Waals surface area contributed by atoms with Gasteiger partial charge in [-0.05, 0) is 23.8 Å². The molecule has 0 heterocycles. The van der Waals surface area contributed by atoms with Crippen LogP contribution in [0.1, 0.15) is 11.1 Å². The van der Waals surface area contributed by atoms with Crippen molar-refractivity contribution in [1.29, 1.82) is 5.26 Å². The highest BCUT2D eigenvalue weighted by molar-refractivity contribution is 5.42. The highest BCUT2D eigenvalue weighted by atomic mass is 16.5. The predicted octanol–water partition coefficient (Wildman–Crippen LogP) is 2.94. The molecule has 2 aromatic carbocycles. The molecule has 77 valence electrons. The largest absolute Gasteiger partial charge is 0.488 e. The second kappa shape index (κ2) is 4.99. The molecule has 2 aromatic rings. The van der Waals surface area contributed by atoms with Crippen LogP contribution < -0.4 is 4.74 Å². The van der Waals surface area contributed by atoms with Gasteiger partial charge < -0.3 is 4.74 Å². The van der Waals surface area contributed by atoms with E-state index in [1.165, 1.54) is 0 Å². The summed E-state index contributed by atoms with van der Waals surface area (Å²) in [5.74, 6) is 0.602. The third-order valence-electron chi connectivity index (χ3n) is 2.18. The first-order valence-corrected chi connectivity index (χ1v) is 4.97. The minimum absolute atomic E-state index is 0.472. The first-order chi connectivity index (χ1) is 7.90. The van der Waals surface area contributed by atoms with Crippen LogP contribution in [0.5, 0.6) is 5.75 Å². The molecule has 0 spiro atoms. The highest BCUT2D eigenvalue weighted by Crippen LogP contribution is 2.17. The summed E-state index contributed by atoms with van der Waals surface area (Å²) in [6.07, 6.45) is 0. The zero-order valence-electron chi connectivity index (χ0n) is 8.68. The van der Waals surface area contributed by atoms with Gasteiger partial charge in [-0.2, -0.15) is 5.26 Å². The summed E-state index contributed by atoms with van der Waals surface area (Å²) in [6, 6.07) is 19.9. The molecule has 2 nitrogen and oxygen atoms in total. The maximum atomic E-state index is 8.87. The van der Waals surface area contributed by atoms with E-state index in [0.717, 1.165) is 5.56 Å². The SMILES string of the molecule is N#Cc1c[c]ccc1OCc1ccccc1. The van der Waals surface area contributed by atoms with Crippen molar-refractivity contribution >= 4 is 0 Å². The molecule has 0 saturated carbocycles. The molecule has 1 radical (unpaired) electrons. The fourth-order valence-electron chi connectivity index (χ4n) is 1.36. The predicted molar refractivity (Wildman–Crippen MR) is 60.8 cm³/mol. The molecule has 0 N–H and O–H groups in total. The maximum Gasteiger partial charge on any atom is 0.137 e. The zero-order chi connectivity index (χ0) is 11.2. The third-order valence-corrected chi connectivity index (χ3v) is 2.18. The average molecular weight is 208 g/mol. The molecule has 0 amide bonds. The van der Waals surface area contributed by atoms with Crippen LogP contribution in [0, 0.1) is 17.4 Å². The number of hydrogen-bond acceptors (Lipinski definition) is 2. The summed E-state index contributed by atoms with van der Waals surface area (Å²) >= 11 is 0. The fourth-order valence-corrected chi connectivity index (χ4v) is 1.36. The van der Waals surface area contributed by atoms with Crippen LogP contribution in [-0.2, 0) is 6.61 Å². The molecule has 0 atom stereocenters. The second-order valence-electron chi connectivity index (χ2n) is 3.31. The zero-order valence-corrected chi connectivity index (χ0v) is 8.68. The van der Waals surface area contributed by atoms with Crippen LogP contribution in [0.2, 0.25) is 0 Å². The molecular formula is C14H10NO. The smallest absolute Gasteiger partial charge is 0.137 e. The Kier molecular flexibility index (Phi) is 3.20. The van der Waals surface area contributed by atoms with E-state index in [-0.39, 0.29) is 0 Å². The molecule has 2 rings (SSSR count). The van der Waals surface area contributed by atoms with Crippen molar-refractivity contribution in [1.82, 2.24) is 0 Å². The lowest BCUT2D eigenvalue weighted by atomic mass is 10.2. The van der Waals surface area contributed by atoms with Crippen molar-refractivity contribution in [2.45, 2.75) is 6.61 Å². The van der Waals surface area contributed by atoms with Crippen molar-refractivity contribution in [3.05, 3.63) is 65.7 Å². The van der Waals surface area contributed by atoms with E-state index in [9.17, 15) is 0 Å². The highest BCUT2D eigenvalue weighted by Gasteiger charge is 2.01. The summed E-state index contributed by atoms with van der Waals surface area (Å²) in [5, 5.41) is 8.87. The summed E-state index contributed by atoms with van der Waals surface area (Å²) in [6.45, 7) is 0.472. The van der Waals surface area contributed by atoms with Crippen LogP contribution in [0.15, 0.2) is 48.5 Å². The van der Waals surface area contributed by atoms with E-state index in [2.05, 4.69) is 12.1 Å². The maximum absolute atomic E-state index is 8.87. The first kappa shape index (κ1) is 10.3. The summed E-state index contributed by atoms with van der Waals surface area (Å²) in [4.78, 5) is 0. The van der Waals surface area contributed by atoms with E-state index < -0.39 is 0 Å². The van der Waals surface area contributed by atoms with Gasteiger partial charge in [0.05, 0.1) is 5.56 Å². The molecule has 16 heavy (non-hydrogen) atoms. The lowest BCUT2D eigenvalue weighted by Crippen LogP contribution is -1.96. The Morgan fingerprint density at radius 1 is 1.19 bits per heavy atom. The van der Waals surface area contributed by atoms with Gasteiger partial charge in [0.25, 0.3) is 0 Å². The average Bonchev–Trinajstić information content (AvgIpc) is 2.38. The van der Waals surface area contributed by atoms with Gasteiger partial charge >= 0.3 is 0 Å². The van der Waals surface area contributed by atoms with Gasteiger partial charge in [0.15, 0.2) is 0 Å². The monoisotopic (exact) mass is 208 g/mol. The Labute approximate surface area is 94.7 Å². The number of rotatable bonds is 3. The molecule has 0 aliphatic carbocycles. The Bertz CT molecular complexity index is 500. The van der Waals surface area contributed by atoms with Gasteiger partial charge in [0.1, 0.15) is 18.4 Å². The van der Waals surface area contributed by atoms with Crippen molar-refractivity contribution in [3.63, 3.8) is 0 Å². The topological polar surface area (TPSA) is 33.0 Å². The van der Waals surface area contributed by atoms with Gasteiger partial charge in [0.2, 0.25) is 0 Å². The van der Waals surface area contributed by atoms with Crippen molar-refractivity contribution < 1.29 is 4.74 Å². The van der Waals surface area contributed by atoms with Crippen molar-refractivity contribution in [2.75, 3.05) is 0 Å². The van der Waals surface area contributed by atoms with E-state index in [0.29, 0.717) is 17.9 Å². The van der Waals surface area contributed by atoms with Gasteiger partial charge in [0, 0.05) is 0 Å². The quantitative estimate of drug-likeness (QED) is 0.776. The van der Waals surface area contributed by atoms with E-state index in [1.807, 2.05) is 30.3 Å². The Hall–Kier alpha value is -2.27. The van der Waals surface area contributed by atoms with Gasteiger partial charge in [-0.25, -0.2) is 0 Å². The van der Waals surface area contributed by atoms with Gasteiger partial charge in [-0.15, -0.1) is 0 Å². The van der Waals surface area contributed by atoms with Crippen LogP contribution in [0.3, 0.4) is 0 Å². The van der Waals surface area contributed by atoms with Crippen LogP contribution >= 0.6 is 0 Å². The third kappa shape index (κ3) is 2.40. The number of benzene rings is 2. The molecule has 0 aromatic heterocycles. The first-order valence-electron chi connectivity index (χ1n) is 4.97. The van der Waals surface area contributed by atoms with E-state index in [1.54, 1.807) is 18.2 Å². The minimum Gasteiger partial charge on any atom is -0.488 e. The molecule has 2 heteroatoms. The van der Waals surface area contributed by atoms with E-state index in [4.69, 9.17) is 10.00 Å². The van der Waals surface area contributed by atoms with Crippen LogP contribution in [0.4, 0.5) is 0 Å². The van der Waals surface area contributed by atoms with Gasteiger partial charge in [-0.3, -0.25) is 0 Å². The number of nitrogens with zero attached hydrogens (tertiary/aromatic N) is 1. The number of hydrogen-bond donors (Lipinski definition) is 0. The lowest BCUT2D eigenvalue weighted by molar-refractivity contribution is 0.305. The molecular weight excluding hydrogens is 198 g/mol. The van der Waals surface area contributed by atoms with Crippen molar-refractivity contribution in [2.24, 2.45) is 0 Å². The Morgan fingerprint density at radius 3 is 2.75 bits per heavy atom. The minimum atomic E-state index is 0.472. The van der Waals surface area contributed by atoms with Gasteiger partial charge in [-0.1, -0.05) is 36.4 Å². The summed E-state index contributed by atoms with van der Waals surface area (Å²) in [5.41, 5.74) is 1.60. The fraction of sp³-hybridized carbons (Fsp3) is 0.0714. The molecule has 0 fully saturated rings. The number of nitriles is 1. The Morgan fingerprint density at radius 2 is 2.00 bits per heavy atom. The molecule has 0 aliphatic rings.